The lowest BCUT2D eigenvalue weighted by molar-refractivity contribution is 0.156. The molecule has 1 aromatic rings. The molecule has 0 bridgehead atoms. The summed E-state index contributed by atoms with van der Waals surface area (Å²) in [7, 11) is 0. The van der Waals surface area contributed by atoms with Gasteiger partial charge < -0.3 is 9.94 Å². The van der Waals surface area contributed by atoms with E-state index in [4.69, 9.17) is 15.4 Å². The fraction of sp³-hybridized carbons (Fsp3) is 0.429. The summed E-state index contributed by atoms with van der Waals surface area (Å²) in [5.74, 6) is 0.705. The zero-order valence-electron chi connectivity index (χ0n) is 7.03. The van der Waals surface area contributed by atoms with Crippen LogP contribution in [0.5, 0.6) is 5.88 Å². The van der Waals surface area contributed by atoms with Crippen molar-refractivity contribution in [3.8, 4) is 5.88 Å². The highest BCUT2D eigenvalue weighted by molar-refractivity contribution is 5.07. The maximum absolute atomic E-state index is 9.11. The molecule has 1 aromatic heterocycles. The van der Waals surface area contributed by atoms with Gasteiger partial charge in [-0.25, -0.2) is 0 Å². The molecule has 0 aliphatic carbocycles. The van der Waals surface area contributed by atoms with Gasteiger partial charge in [-0.15, -0.1) is 0 Å². The van der Waals surface area contributed by atoms with Crippen molar-refractivity contribution in [2.24, 2.45) is 0 Å². The molecule has 66 valence electrons. The fourth-order valence-electron chi connectivity index (χ4n) is 0.813. The zero-order valence-corrected chi connectivity index (χ0v) is 7.03. The number of aromatic nitrogens is 2. The molecule has 0 saturated heterocycles. The first-order valence-electron chi connectivity index (χ1n) is 3.62. The average molecular weight is 169 g/mol. The molecule has 1 rings (SSSR count). The molecule has 0 aliphatic heterocycles. The molecule has 0 aromatic carbocycles. The third-order valence-electron chi connectivity index (χ3n) is 1.36. The van der Waals surface area contributed by atoms with Crippen molar-refractivity contribution in [2.45, 2.75) is 13.8 Å². The number of nitrogens with one attached hydrogen (secondary N) is 1. The van der Waals surface area contributed by atoms with Gasteiger partial charge in [-0.3, -0.25) is 5.41 Å². The second-order valence-electron chi connectivity index (χ2n) is 2.27. The van der Waals surface area contributed by atoms with Crippen LogP contribution in [0, 0.1) is 12.3 Å². The molecule has 0 spiro atoms. The third-order valence-corrected chi connectivity index (χ3v) is 1.36. The molecular formula is C7H11N3O2. The molecule has 2 N–H and O–H groups in total. The number of aryl methyl sites for hydroxylation is 1. The van der Waals surface area contributed by atoms with Crippen LogP contribution in [0.2, 0.25) is 0 Å². The minimum atomic E-state index is -0.0362. The summed E-state index contributed by atoms with van der Waals surface area (Å²) < 4.78 is 5.76. The van der Waals surface area contributed by atoms with Gasteiger partial charge >= 0.3 is 0 Å². The van der Waals surface area contributed by atoms with Crippen molar-refractivity contribution >= 4 is 0 Å². The van der Waals surface area contributed by atoms with Crippen LogP contribution in [-0.2, 0) is 0 Å². The molecule has 5 heteroatoms. The predicted octanol–water partition coefficient (Wildman–Crippen LogP) is 0.307. The molecule has 0 unspecified atom stereocenters. The van der Waals surface area contributed by atoms with Crippen LogP contribution >= 0.6 is 0 Å². The summed E-state index contributed by atoms with van der Waals surface area (Å²) in [6.07, 6.45) is 0. The van der Waals surface area contributed by atoms with Gasteiger partial charge in [0.15, 0.2) is 5.49 Å². The molecule has 0 radical (unpaired) electrons. The first kappa shape index (κ1) is 8.58. The smallest absolute Gasteiger partial charge is 0.218 e. The Morgan fingerprint density at radius 1 is 1.75 bits per heavy atom. The quantitative estimate of drug-likeness (QED) is 0.626. The van der Waals surface area contributed by atoms with E-state index in [1.54, 1.807) is 6.92 Å². The number of rotatable bonds is 2. The van der Waals surface area contributed by atoms with Gasteiger partial charge in [0.25, 0.3) is 0 Å². The molecule has 12 heavy (non-hydrogen) atoms. The summed E-state index contributed by atoms with van der Waals surface area (Å²) in [4.78, 5) is 3.89. The molecule has 0 fully saturated rings. The van der Waals surface area contributed by atoms with Crippen LogP contribution in [0.3, 0.4) is 0 Å². The monoisotopic (exact) mass is 169 g/mol. The maximum Gasteiger partial charge on any atom is 0.218 e. The van der Waals surface area contributed by atoms with Crippen molar-refractivity contribution in [1.82, 2.24) is 9.71 Å². The number of hydrogen-bond acceptors (Lipinski definition) is 4. The van der Waals surface area contributed by atoms with Gasteiger partial charge in [-0.2, -0.15) is 9.71 Å². The van der Waals surface area contributed by atoms with Crippen LogP contribution in [0.1, 0.15) is 12.7 Å². The van der Waals surface area contributed by atoms with Gasteiger partial charge in [-0.1, -0.05) is 0 Å². The fourth-order valence-corrected chi connectivity index (χ4v) is 0.813. The van der Waals surface area contributed by atoms with Crippen molar-refractivity contribution in [3.05, 3.63) is 17.4 Å². The summed E-state index contributed by atoms with van der Waals surface area (Å²) in [6, 6.07) is 1.36. The molecular weight excluding hydrogens is 158 g/mol. The highest BCUT2D eigenvalue weighted by atomic mass is 16.5. The molecule has 0 aliphatic rings. The van der Waals surface area contributed by atoms with E-state index in [0.717, 1.165) is 0 Å². The summed E-state index contributed by atoms with van der Waals surface area (Å²) >= 11 is 0. The Kier molecular flexibility index (Phi) is 2.32. The topological polar surface area (TPSA) is 71.1 Å². The first-order chi connectivity index (χ1) is 5.65. The molecule has 0 saturated carbocycles. The Bertz CT molecular complexity index is 332. The Balaban J connectivity index is 3.13. The number of nitrogens with zero attached hydrogens (tertiary/aromatic N) is 2. The molecule has 0 amide bonds. The van der Waals surface area contributed by atoms with E-state index in [9.17, 15) is 0 Å². The Morgan fingerprint density at radius 2 is 2.42 bits per heavy atom. The van der Waals surface area contributed by atoms with Crippen molar-refractivity contribution in [1.29, 1.82) is 5.41 Å². The molecule has 5 nitrogen and oxygen atoms in total. The lowest BCUT2D eigenvalue weighted by Gasteiger charge is -2.05. The van der Waals surface area contributed by atoms with E-state index in [2.05, 4.69) is 4.98 Å². The second-order valence-corrected chi connectivity index (χ2v) is 2.27. The first-order valence-corrected chi connectivity index (χ1v) is 3.62. The van der Waals surface area contributed by atoms with E-state index >= 15 is 0 Å². The van der Waals surface area contributed by atoms with Crippen molar-refractivity contribution < 1.29 is 9.94 Å². The largest absolute Gasteiger partial charge is 0.478 e. The standard InChI is InChI=1S/C7H11N3O2/c1-3-12-7-4-6(8)10(11)5(2)9-7/h4,8,11H,3H2,1-2H3. The lowest BCUT2D eigenvalue weighted by atomic mass is 10.5. The van der Waals surface area contributed by atoms with Crippen LogP contribution in [-0.4, -0.2) is 21.5 Å². The van der Waals surface area contributed by atoms with E-state index in [1.807, 2.05) is 6.92 Å². The van der Waals surface area contributed by atoms with E-state index in [-0.39, 0.29) is 5.49 Å². The van der Waals surface area contributed by atoms with Crippen molar-refractivity contribution in [3.63, 3.8) is 0 Å². The van der Waals surface area contributed by atoms with E-state index in [1.165, 1.54) is 6.07 Å². The van der Waals surface area contributed by atoms with Gasteiger partial charge in [0.05, 0.1) is 6.61 Å². The highest BCUT2D eigenvalue weighted by Gasteiger charge is 2.00. The van der Waals surface area contributed by atoms with Gasteiger partial charge in [0.1, 0.15) is 5.82 Å². The van der Waals surface area contributed by atoms with E-state index < -0.39 is 0 Å². The highest BCUT2D eigenvalue weighted by Crippen LogP contribution is 2.01. The number of hydrogen-bond donors (Lipinski definition) is 2. The SMILES string of the molecule is CCOc1cc(=N)n(O)c(C)n1. The summed E-state index contributed by atoms with van der Waals surface area (Å²) in [6.45, 7) is 3.93. The van der Waals surface area contributed by atoms with Gasteiger partial charge in [-0.05, 0) is 13.8 Å². The van der Waals surface area contributed by atoms with Crippen LogP contribution < -0.4 is 10.2 Å². The second kappa shape index (κ2) is 3.25. The summed E-state index contributed by atoms with van der Waals surface area (Å²) in [5, 5.41) is 16.4. The minimum absolute atomic E-state index is 0.0362. The van der Waals surface area contributed by atoms with Gasteiger partial charge in [0, 0.05) is 6.07 Å². The Morgan fingerprint density at radius 3 is 2.92 bits per heavy atom. The predicted molar refractivity (Wildman–Crippen MR) is 41.2 cm³/mol. The zero-order chi connectivity index (χ0) is 9.14. The van der Waals surface area contributed by atoms with E-state index in [0.29, 0.717) is 23.0 Å². The minimum Gasteiger partial charge on any atom is -0.478 e. The van der Waals surface area contributed by atoms with Crippen LogP contribution in [0.15, 0.2) is 6.07 Å². The average Bonchev–Trinajstić information content (AvgIpc) is 2.01. The Hall–Kier alpha value is -1.52. The third kappa shape index (κ3) is 1.55. The Labute approximate surface area is 69.7 Å². The molecule has 1 heterocycles. The summed E-state index contributed by atoms with van der Waals surface area (Å²) in [5.41, 5.74) is -0.0362. The normalized spacial score (nSPS) is 9.83. The molecule has 0 atom stereocenters. The maximum atomic E-state index is 9.11. The van der Waals surface area contributed by atoms with Crippen LogP contribution in [0.4, 0.5) is 0 Å². The lowest BCUT2D eigenvalue weighted by Crippen LogP contribution is -2.21. The van der Waals surface area contributed by atoms with Crippen LogP contribution in [0.25, 0.3) is 0 Å². The van der Waals surface area contributed by atoms with Crippen molar-refractivity contribution in [2.75, 3.05) is 6.61 Å². The number of ether oxygens (including phenoxy) is 1. The van der Waals surface area contributed by atoms with Gasteiger partial charge in [0.2, 0.25) is 5.88 Å².